The van der Waals surface area contributed by atoms with Crippen LogP contribution >= 0.6 is 11.6 Å². The van der Waals surface area contributed by atoms with E-state index in [0.29, 0.717) is 53.6 Å². The Bertz CT molecular complexity index is 1940. The molecule has 2 aromatic heterocycles. The average molecular weight is 638 g/mol. The molecule has 6 rings (SSSR count). The number of fused-ring (bicyclic) bond motifs is 3. The van der Waals surface area contributed by atoms with Gasteiger partial charge in [-0.15, -0.1) is 0 Å². The standard InChI is InChI=1S/C34H31ClF3N3O4/c1-3-25-28-27-24(35)16-15-23-22(13-9-19-44-26-14-8-11-20-10-4-5-12-21(20)26)31(33(42)43)41(30(23)27)17-6-7-18-45-32(34(36,37)38)29(28)39-40(25)2/h4-8,10-12,14-16,32H,3,9,13,17-19H2,1-2H3,(H,42,43)/b7-6-. The highest BCUT2D eigenvalue weighted by Crippen LogP contribution is 2.47. The summed E-state index contributed by atoms with van der Waals surface area (Å²) >= 11 is 6.82. The summed E-state index contributed by atoms with van der Waals surface area (Å²) in [5.74, 6) is -0.409. The number of carboxylic acid groups (broad SMARTS) is 1. The largest absolute Gasteiger partial charge is 0.493 e. The molecular formula is C34H31ClF3N3O4. The molecular weight excluding hydrogens is 607 g/mol. The predicted molar refractivity (Wildman–Crippen MR) is 167 cm³/mol. The van der Waals surface area contributed by atoms with Crippen molar-refractivity contribution in [3.05, 3.63) is 94.4 Å². The van der Waals surface area contributed by atoms with Gasteiger partial charge in [0.25, 0.3) is 0 Å². The van der Waals surface area contributed by atoms with E-state index in [-0.39, 0.29) is 35.1 Å². The monoisotopic (exact) mass is 637 g/mol. The first-order valence-electron chi connectivity index (χ1n) is 14.7. The smallest absolute Gasteiger partial charge is 0.420 e. The Labute approximate surface area is 262 Å². The van der Waals surface area contributed by atoms with Gasteiger partial charge in [-0.25, -0.2) is 4.79 Å². The molecule has 1 atom stereocenters. The molecule has 1 N–H and O–H groups in total. The normalized spacial score (nSPS) is 16.0. The van der Waals surface area contributed by atoms with E-state index in [1.54, 1.807) is 29.8 Å². The van der Waals surface area contributed by atoms with E-state index in [9.17, 15) is 23.1 Å². The van der Waals surface area contributed by atoms with Crippen molar-refractivity contribution in [3.63, 3.8) is 0 Å². The van der Waals surface area contributed by atoms with Gasteiger partial charge in [0, 0.05) is 41.2 Å². The Hall–Kier alpha value is -4.28. The van der Waals surface area contributed by atoms with Crippen molar-refractivity contribution < 1.29 is 32.5 Å². The van der Waals surface area contributed by atoms with E-state index in [0.717, 1.165) is 16.5 Å². The molecule has 1 aliphatic rings. The number of ether oxygens (including phenoxy) is 2. The first-order valence-corrected chi connectivity index (χ1v) is 15.1. The molecule has 1 unspecified atom stereocenters. The summed E-state index contributed by atoms with van der Waals surface area (Å²) < 4.78 is 57.8. The van der Waals surface area contributed by atoms with E-state index in [1.165, 1.54) is 10.8 Å². The molecule has 0 amide bonds. The minimum absolute atomic E-state index is 0.0550. The number of carbonyl (C=O) groups is 1. The van der Waals surface area contributed by atoms with Crippen LogP contribution in [0.5, 0.6) is 5.75 Å². The maximum atomic E-state index is 14.4. The van der Waals surface area contributed by atoms with Gasteiger partial charge in [-0.05, 0) is 42.3 Å². The Morgan fingerprint density at radius 1 is 1.09 bits per heavy atom. The lowest BCUT2D eigenvalue weighted by atomic mass is 9.95. The number of alkyl halides is 3. The van der Waals surface area contributed by atoms with Gasteiger partial charge in [-0.1, -0.05) is 73.1 Å². The fourth-order valence-electron chi connectivity index (χ4n) is 6.33. The van der Waals surface area contributed by atoms with Gasteiger partial charge >= 0.3 is 12.1 Å². The summed E-state index contributed by atoms with van der Waals surface area (Å²) in [7, 11) is 1.59. The lowest BCUT2D eigenvalue weighted by Gasteiger charge is -2.20. The van der Waals surface area contributed by atoms with Gasteiger partial charge < -0.3 is 19.1 Å². The molecule has 1 aliphatic heterocycles. The number of benzene rings is 3. The predicted octanol–water partition coefficient (Wildman–Crippen LogP) is 8.31. The van der Waals surface area contributed by atoms with Gasteiger partial charge in [0.05, 0.1) is 23.8 Å². The SMILES string of the molecule is CCc1c2c(nn1C)C(C(F)(F)F)OC/C=C\Cn1c(C(=O)O)c(CCCOc3cccc4ccccc34)c3ccc(Cl)c-2c31. The second-order valence-electron chi connectivity index (χ2n) is 10.9. The third kappa shape index (κ3) is 5.57. The van der Waals surface area contributed by atoms with Gasteiger partial charge in [-0.3, -0.25) is 4.68 Å². The van der Waals surface area contributed by atoms with Gasteiger partial charge in [0.1, 0.15) is 17.1 Å². The quantitative estimate of drug-likeness (QED) is 0.143. The number of aromatic carboxylic acids is 1. The van der Waals surface area contributed by atoms with Crippen LogP contribution in [0.2, 0.25) is 5.02 Å². The zero-order valence-electron chi connectivity index (χ0n) is 24.7. The van der Waals surface area contributed by atoms with E-state index >= 15 is 0 Å². The number of carboxylic acids is 1. The van der Waals surface area contributed by atoms with Crippen LogP contribution in [0.15, 0.2) is 66.7 Å². The van der Waals surface area contributed by atoms with Crippen molar-refractivity contribution in [2.24, 2.45) is 7.05 Å². The van der Waals surface area contributed by atoms with E-state index in [1.807, 2.05) is 49.4 Å². The maximum absolute atomic E-state index is 14.4. The minimum atomic E-state index is -4.75. The number of aromatic nitrogens is 3. The highest BCUT2D eigenvalue weighted by Gasteiger charge is 2.46. The number of aryl methyl sites for hydroxylation is 2. The molecule has 11 heteroatoms. The van der Waals surface area contributed by atoms with Crippen molar-refractivity contribution in [1.82, 2.24) is 14.3 Å². The lowest BCUT2D eigenvalue weighted by Crippen LogP contribution is -2.25. The van der Waals surface area contributed by atoms with Crippen LogP contribution < -0.4 is 4.74 Å². The molecule has 234 valence electrons. The first kappa shape index (κ1) is 30.7. The number of rotatable bonds is 7. The van der Waals surface area contributed by atoms with Crippen LogP contribution in [-0.2, 0) is 31.2 Å². The fourth-order valence-corrected chi connectivity index (χ4v) is 6.58. The summed E-state index contributed by atoms with van der Waals surface area (Å²) in [6.07, 6.45) is -2.76. The van der Waals surface area contributed by atoms with Crippen LogP contribution in [0.4, 0.5) is 13.2 Å². The topological polar surface area (TPSA) is 78.5 Å². The molecule has 0 aliphatic carbocycles. The summed E-state index contributed by atoms with van der Waals surface area (Å²) in [6.45, 7) is 1.91. The van der Waals surface area contributed by atoms with E-state index in [4.69, 9.17) is 21.1 Å². The molecule has 0 radical (unpaired) electrons. The van der Waals surface area contributed by atoms with Crippen molar-refractivity contribution >= 4 is 39.2 Å². The second kappa shape index (κ2) is 12.3. The highest BCUT2D eigenvalue weighted by atomic mass is 35.5. The van der Waals surface area contributed by atoms with Crippen LogP contribution in [0.1, 0.15) is 46.9 Å². The van der Waals surface area contributed by atoms with E-state index < -0.39 is 18.2 Å². The number of halogens is 4. The molecule has 0 spiro atoms. The second-order valence-corrected chi connectivity index (χ2v) is 11.3. The Kier molecular flexibility index (Phi) is 8.37. The first-order chi connectivity index (χ1) is 21.6. The van der Waals surface area contributed by atoms with Crippen molar-refractivity contribution in [2.45, 2.75) is 45.0 Å². The number of hydrogen-bond acceptors (Lipinski definition) is 4. The molecule has 7 nitrogen and oxygen atoms in total. The molecule has 0 saturated heterocycles. The minimum Gasteiger partial charge on any atom is -0.493 e. The van der Waals surface area contributed by atoms with Crippen molar-refractivity contribution in [3.8, 4) is 16.9 Å². The number of nitrogens with zero attached hydrogens (tertiary/aromatic N) is 3. The Morgan fingerprint density at radius 2 is 1.87 bits per heavy atom. The number of allylic oxidation sites excluding steroid dienone is 1. The molecule has 0 bridgehead atoms. The van der Waals surface area contributed by atoms with Crippen molar-refractivity contribution in [1.29, 1.82) is 0 Å². The summed E-state index contributed by atoms with van der Waals surface area (Å²) in [5.41, 5.74) is 1.81. The third-order valence-electron chi connectivity index (χ3n) is 8.20. The zero-order chi connectivity index (χ0) is 31.9. The van der Waals surface area contributed by atoms with Gasteiger partial charge in [0.2, 0.25) is 0 Å². The van der Waals surface area contributed by atoms with Crippen LogP contribution in [-0.4, -0.2) is 44.8 Å². The fraction of sp³-hybridized carbons (Fsp3) is 0.294. The van der Waals surface area contributed by atoms with Gasteiger partial charge in [0.15, 0.2) is 6.10 Å². The maximum Gasteiger partial charge on any atom is 0.420 e. The van der Waals surface area contributed by atoms with Crippen LogP contribution in [0.3, 0.4) is 0 Å². The average Bonchev–Trinajstić information content (AvgIpc) is 3.48. The Balaban J connectivity index is 1.49. The molecule has 3 aromatic carbocycles. The molecule has 3 heterocycles. The zero-order valence-corrected chi connectivity index (χ0v) is 25.5. The summed E-state index contributed by atoms with van der Waals surface area (Å²) in [4.78, 5) is 12.9. The highest BCUT2D eigenvalue weighted by molar-refractivity contribution is 6.35. The molecule has 5 aromatic rings. The summed E-state index contributed by atoms with van der Waals surface area (Å²) in [6, 6.07) is 17.1. The van der Waals surface area contributed by atoms with E-state index in [2.05, 4.69) is 5.10 Å². The molecule has 0 saturated carbocycles. The number of hydrogen-bond donors (Lipinski definition) is 1. The van der Waals surface area contributed by atoms with Gasteiger partial charge in [-0.2, -0.15) is 18.3 Å². The summed E-state index contributed by atoms with van der Waals surface area (Å²) in [5, 5.41) is 17.6. The lowest BCUT2D eigenvalue weighted by molar-refractivity contribution is -0.221. The molecule has 0 fully saturated rings. The van der Waals surface area contributed by atoms with Crippen LogP contribution in [0, 0.1) is 0 Å². The third-order valence-corrected chi connectivity index (χ3v) is 8.51. The van der Waals surface area contributed by atoms with Crippen LogP contribution in [0.25, 0.3) is 32.8 Å². The molecule has 45 heavy (non-hydrogen) atoms. The Morgan fingerprint density at radius 3 is 2.62 bits per heavy atom. The van der Waals surface area contributed by atoms with Crippen molar-refractivity contribution in [2.75, 3.05) is 13.2 Å².